The average molecular weight is 368 g/mol. The molecule has 0 saturated heterocycles. The molecule has 0 aliphatic heterocycles. The Morgan fingerprint density at radius 3 is 2.67 bits per heavy atom. The second kappa shape index (κ2) is 8.35. The van der Waals surface area contributed by atoms with Gasteiger partial charge in [0.15, 0.2) is 11.6 Å². The number of aromatic nitrogens is 1. The van der Waals surface area contributed by atoms with Crippen LogP contribution in [0, 0.1) is 5.82 Å². The third-order valence-corrected chi connectivity index (χ3v) is 4.59. The van der Waals surface area contributed by atoms with E-state index in [1.54, 1.807) is 19.2 Å². The summed E-state index contributed by atoms with van der Waals surface area (Å²) >= 11 is 0. The van der Waals surface area contributed by atoms with Crippen LogP contribution in [-0.2, 0) is 6.42 Å². The molecular weight excluding hydrogens is 343 g/mol. The highest BCUT2D eigenvalue weighted by Gasteiger charge is 2.12. The third kappa shape index (κ3) is 4.37. The largest absolute Gasteiger partial charge is 0.505 e. The monoisotopic (exact) mass is 368 g/mol. The molecular formula is C22H25FN2O2. The van der Waals surface area contributed by atoms with Crippen LogP contribution in [0.1, 0.15) is 32.3 Å². The quantitative estimate of drug-likeness (QED) is 0.556. The van der Waals surface area contributed by atoms with Gasteiger partial charge >= 0.3 is 0 Å². The van der Waals surface area contributed by atoms with E-state index in [2.05, 4.69) is 29.4 Å². The number of aromatic hydroxyl groups is 1. The number of unbranched alkanes of at least 4 members (excludes halogenated alkanes) is 1. The van der Waals surface area contributed by atoms with Gasteiger partial charge in [0.05, 0.1) is 6.10 Å². The van der Waals surface area contributed by atoms with Crippen LogP contribution in [0.15, 0.2) is 42.6 Å². The van der Waals surface area contributed by atoms with Gasteiger partial charge in [0.25, 0.3) is 0 Å². The van der Waals surface area contributed by atoms with Crippen molar-refractivity contribution in [3.05, 3.63) is 54.0 Å². The topological polar surface area (TPSA) is 65.4 Å². The SMILES string of the molecule is CCCCc1ccc2c(-c3ccc(O)c(F)c3)cnc(NCC(C)O)c2c1. The number of phenolic OH excluding ortho intramolecular Hbond substituents is 1. The summed E-state index contributed by atoms with van der Waals surface area (Å²) in [5.74, 6) is -0.322. The van der Waals surface area contributed by atoms with Crippen LogP contribution in [0.3, 0.4) is 0 Å². The van der Waals surface area contributed by atoms with E-state index in [0.717, 1.165) is 35.6 Å². The minimum atomic E-state index is -0.656. The molecule has 1 unspecified atom stereocenters. The highest BCUT2D eigenvalue weighted by Crippen LogP contribution is 2.34. The van der Waals surface area contributed by atoms with Gasteiger partial charge in [0, 0.05) is 23.7 Å². The maximum absolute atomic E-state index is 13.8. The predicted molar refractivity (Wildman–Crippen MR) is 108 cm³/mol. The van der Waals surface area contributed by atoms with E-state index >= 15 is 0 Å². The van der Waals surface area contributed by atoms with Crippen LogP contribution < -0.4 is 5.32 Å². The van der Waals surface area contributed by atoms with E-state index in [-0.39, 0.29) is 5.75 Å². The molecule has 27 heavy (non-hydrogen) atoms. The predicted octanol–water partition coefficient (Wildman–Crippen LogP) is 4.88. The molecule has 0 fully saturated rings. The summed E-state index contributed by atoms with van der Waals surface area (Å²) in [5.41, 5.74) is 2.68. The second-order valence-corrected chi connectivity index (χ2v) is 6.90. The Balaban J connectivity index is 2.12. The summed E-state index contributed by atoms with van der Waals surface area (Å²) in [5, 5.41) is 24.1. The lowest BCUT2D eigenvalue weighted by atomic mass is 9.97. The minimum absolute atomic E-state index is 0.368. The molecule has 0 aliphatic rings. The van der Waals surface area contributed by atoms with E-state index in [4.69, 9.17) is 0 Å². The zero-order valence-electron chi connectivity index (χ0n) is 15.7. The fourth-order valence-corrected chi connectivity index (χ4v) is 3.12. The molecule has 0 aliphatic carbocycles. The Labute approximate surface area is 158 Å². The van der Waals surface area contributed by atoms with Gasteiger partial charge in [-0.3, -0.25) is 0 Å². The average Bonchev–Trinajstić information content (AvgIpc) is 2.66. The van der Waals surface area contributed by atoms with E-state index in [0.29, 0.717) is 17.9 Å². The number of pyridine rings is 1. The second-order valence-electron chi connectivity index (χ2n) is 6.90. The number of aliphatic hydroxyl groups is 1. The fourth-order valence-electron chi connectivity index (χ4n) is 3.12. The normalized spacial score (nSPS) is 12.3. The van der Waals surface area contributed by atoms with Crippen molar-refractivity contribution in [2.24, 2.45) is 0 Å². The number of nitrogens with one attached hydrogen (secondary N) is 1. The zero-order valence-corrected chi connectivity index (χ0v) is 15.7. The first-order valence-corrected chi connectivity index (χ1v) is 9.32. The minimum Gasteiger partial charge on any atom is -0.505 e. The van der Waals surface area contributed by atoms with Crippen LogP contribution >= 0.6 is 0 Å². The molecule has 1 aromatic heterocycles. The van der Waals surface area contributed by atoms with Gasteiger partial charge in [-0.25, -0.2) is 9.37 Å². The standard InChI is InChI=1S/C22H25FN2O2/c1-3-4-5-15-6-8-17-18(10-15)22(24-12-14(2)26)25-13-19(17)16-7-9-21(27)20(23)11-16/h6-11,13-14,26-27H,3-5,12H2,1-2H3,(H,24,25). The summed E-state index contributed by atoms with van der Waals surface area (Å²) in [7, 11) is 0. The summed E-state index contributed by atoms with van der Waals surface area (Å²) in [6.07, 6.45) is 4.43. The number of halogens is 1. The number of benzene rings is 2. The molecule has 2 aromatic carbocycles. The number of aliphatic hydroxyl groups excluding tert-OH is 1. The Morgan fingerprint density at radius 1 is 1.15 bits per heavy atom. The lowest BCUT2D eigenvalue weighted by Crippen LogP contribution is -2.16. The van der Waals surface area contributed by atoms with Crippen molar-refractivity contribution < 1.29 is 14.6 Å². The maximum atomic E-state index is 13.8. The first-order chi connectivity index (χ1) is 13.0. The van der Waals surface area contributed by atoms with Crippen molar-refractivity contribution in [3.8, 4) is 16.9 Å². The molecule has 0 saturated carbocycles. The lowest BCUT2D eigenvalue weighted by molar-refractivity contribution is 0.208. The van der Waals surface area contributed by atoms with E-state index < -0.39 is 11.9 Å². The number of fused-ring (bicyclic) bond motifs is 1. The zero-order chi connectivity index (χ0) is 19.4. The number of aryl methyl sites for hydroxylation is 1. The Bertz CT molecular complexity index is 941. The molecule has 142 valence electrons. The van der Waals surface area contributed by atoms with Crippen LogP contribution in [0.2, 0.25) is 0 Å². The molecule has 1 heterocycles. The highest BCUT2D eigenvalue weighted by atomic mass is 19.1. The third-order valence-electron chi connectivity index (χ3n) is 4.59. The van der Waals surface area contributed by atoms with E-state index in [1.165, 1.54) is 17.7 Å². The number of hydrogen-bond acceptors (Lipinski definition) is 4. The van der Waals surface area contributed by atoms with E-state index in [1.807, 2.05) is 6.07 Å². The molecule has 5 heteroatoms. The molecule has 0 amide bonds. The first-order valence-electron chi connectivity index (χ1n) is 9.32. The molecule has 3 rings (SSSR count). The molecule has 4 nitrogen and oxygen atoms in total. The van der Waals surface area contributed by atoms with Crippen molar-refractivity contribution in [3.63, 3.8) is 0 Å². The van der Waals surface area contributed by atoms with Crippen molar-refractivity contribution in [1.29, 1.82) is 0 Å². The fraction of sp³-hybridized carbons (Fsp3) is 0.318. The number of hydrogen-bond donors (Lipinski definition) is 3. The van der Waals surface area contributed by atoms with Gasteiger partial charge in [-0.2, -0.15) is 0 Å². The van der Waals surface area contributed by atoms with Gasteiger partial charge < -0.3 is 15.5 Å². The summed E-state index contributed by atoms with van der Waals surface area (Å²) in [4.78, 5) is 4.52. The lowest BCUT2D eigenvalue weighted by Gasteiger charge is -2.15. The van der Waals surface area contributed by atoms with Gasteiger partial charge in [0.2, 0.25) is 0 Å². The number of anilines is 1. The van der Waals surface area contributed by atoms with Crippen LogP contribution in [0.4, 0.5) is 10.2 Å². The number of phenols is 1. The molecule has 0 bridgehead atoms. The molecule has 0 spiro atoms. The van der Waals surface area contributed by atoms with Crippen molar-refractivity contribution in [1.82, 2.24) is 4.98 Å². The van der Waals surface area contributed by atoms with Gasteiger partial charge in [-0.1, -0.05) is 31.5 Å². The summed E-state index contributed by atoms with van der Waals surface area (Å²) in [6, 6.07) is 10.6. The van der Waals surface area contributed by atoms with Crippen molar-refractivity contribution >= 4 is 16.6 Å². The first kappa shape index (κ1) is 19.1. The highest BCUT2D eigenvalue weighted by molar-refractivity contribution is 6.02. The Hall–Kier alpha value is -2.66. The Kier molecular flexibility index (Phi) is 5.91. The van der Waals surface area contributed by atoms with Crippen LogP contribution in [0.5, 0.6) is 5.75 Å². The molecule has 0 radical (unpaired) electrons. The maximum Gasteiger partial charge on any atom is 0.165 e. The number of rotatable bonds is 7. The number of nitrogens with zero attached hydrogens (tertiary/aromatic N) is 1. The molecule has 1 atom stereocenters. The smallest absolute Gasteiger partial charge is 0.165 e. The van der Waals surface area contributed by atoms with Crippen molar-refractivity contribution in [2.75, 3.05) is 11.9 Å². The van der Waals surface area contributed by atoms with Gasteiger partial charge in [-0.15, -0.1) is 0 Å². The van der Waals surface area contributed by atoms with E-state index in [9.17, 15) is 14.6 Å². The van der Waals surface area contributed by atoms with Gasteiger partial charge in [0.1, 0.15) is 5.82 Å². The van der Waals surface area contributed by atoms with Gasteiger partial charge in [-0.05, 0) is 54.5 Å². The van der Waals surface area contributed by atoms with Crippen LogP contribution in [-0.4, -0.2) is 27.8 Å². The van der Waals surface area contributed by atoms with Crippen LogP contribution in [0.25, 0.3) is 21.9 Å². The summed E-state index contributed by atoms with van der Waals surface area (Å²) in [6.45, 7) is 4.28. The molecule has 3 N–H and O–H groups in total. The Morgan fingerprint density at radius 2 is 1.96 bits per heavy atom. The molecule has 3 aromatic rings. The summed E-state index contributed by atoms with van der Waals surface area (Å²) < 4.78 is 13.8. The van der Waals surface area contributed by atoms with Crippen molar-refractivity contribution in [2.45, 2.75) is 39.2 Å².